The highest BCUT2D eigenvalue weighted by molar-refractivity contribution is 7.20. The molecule has 2 heterocycles. The van der Waals surface area contributed by atoms with Crippen molar-refractivity contribution in [2.24, 2.45) is 0 Å². The minimum atomic E-state index is -0.190. The first-order chi connectivity index (χ1) is 9.69. The van der Waals surface area contributed by atoms with Crippen molar-refractivity contribution in [2.75, 3.05) is 6.61 Å². The molecule has 0 saturated carbocycles. The molecule has 1 atom stereocenters. The molecule has 1 aliphatic carbocycles. The third-order valence-corrected chi connectivity index (χ3v) is 5.56. The molecule has 0 fully saturated rings. The molecule has 2 aromatic heterocycles. The molecule has 106 valence electrons. The van der Waals surface area contributed by atoms with E-state index in [1.54, 1.807) is 22.7 Å². The SMILES string of the molecule is CCOC(=O)C1CCCc2sc(-c3nc(C)cs3)nc21. The van der Waals surface area contributed by atoms with Crippen molar-refractivity contribution in [3.8, 4) is 10.0 Å². The fourth-order valence-corrected chi connectivity index (χ4v) is 4.43. The molecule has 0 aromatic carbocycles. The van der Waals surface area contributed by atoms with E-state index in [1.165, 1.54) is 4.88 Å². The number of hydrogen-bond acceptors (Lipinski definition) is 6. The van der Waals surface area contributed by atoms with Crippen LogP contribution in [-0.2, 0) is 16.0 Å². The van der Waals surface area contributed by atoms with Crippen molar-refractivity contribution in [3.63, 3.8) is 0 Å². The number of thiazole rings is 2. The fraction of sp³-hybridized carbons (Fsp3) is 0.500. The molecular weight excluding hydrogens is 292 g/mol. The lowest BCUT2D eigenvalue weighted by Crippen LogP contribution is -2.20. The molecule has 3 rings (SSSR count). The molecular formula is C14H16N2O2S2. The Kier molecular flexibility index (Phi) is 3.85. The summed E-state index contributed by atoms with van der Waals surface area (Å²) in [6, 6.07) is 0. The van der Waals surface area contributed by atoms with E-state index in [0.29, 0.717) is 6.61 Å². The van der Waals surface area contributed by atoms with Gasteiger partial charge in [-0.3, -0.25) is 4.79 Å². The number of nitrogens with zero attached hydrogens (tertiary/aromatic N) is 2. The molecule has 4 nitrogen and oxygen atoms in total. The van der Waals surface area contributed by atoms with Gasteiger partial charge in [-0.25, -0.2) is 9.97 Å². The number of aryl methyl sites for hydroxylation is 2. The van der Waals surface area contributed by atoms with Gasteiger partial charge in [0.2, 0.25) is 0 Å². The molecule has 0 bridgehead atoms. The molecule has 1 aliphatic rings. The molecule has 6 heteroatoms. The topological polar surface area (TPSA) is 52.1 Å². The van der Waals surface area contributed by atoms with Crippen molar-refractivity contribution < 1.29 is 9.53 Å². The van der Waals surface area contributed by atoms with Gasteiger partial charge in [-0.2, -0.15) is 0 Å². The molecule has 2 aromatic rings. The summed E-state index contributed by atoms with van der Waals surface area (Å²) in [4.78, 5) is 22.4. The summed E-state index contributed by atoms with van der Waals surface area (Å²) in [5.74, 6) is -0.328. The Bertz CT molecular complexity index is 633. The number of carbonyl (C=O) groups is 1. The minimum Gasteiger partial charge on any atom is -0.465 e. The average molecular weight is 308 g/mol. The van der Waals surface area contributed by atoms with Crippen molar-refractivity contribution in [1.29, 1.82) is 0 Å². The van der Waals surface area contributed by atoms with E-state index in [0.717, 1.165) is 40.7 Å². The lowest BCUT2D eigenvalue weighted by molar-refractivity contribution is -0.145. The summed E-state index contributed by atoms with van der Waals surface area (Å²) in [7, 11) is 0. The zero-order valence-corrected chi connectivity index (χ0v) is 13.1. The molecule has 0 spiro atoms. The normalized spacial score (nSPS) is 17.8. The first-order valence-corrected chi connectivity index (χ1v) is 8.47. The van der Waals surface area contributed by atoms with E-state index in [-0.39, 0.29) is 11.9 Å². The van der Waals surface area contributed by atoms with Crippen LogP contribution in [0, 0.1) is 6.92 Å². The number of carbonyl (C=O) groups excluding carboxylic acids is 1. The van der Waals surface area contributed by atoms with Gasteiger partial charge in [0.05, 0.1) is 12.3 Å². The van der Waals surface area contributed by atoms with Crippen molar-refractivity contribution in [1.82, 2.24) is 9.97 Å². The van der Waals surface area contributed by atoms with Gasteiger partial charge in [-0.15, -0.1) is 22.7 Å². The molecule has 0 N–H and O–H groups in total. The van der Waals surface area contributed by atoms with E-state index in [1.807, 2.05) is 19.2 Å². The maximum atomic E-state index is 12.0. The van der Waals surface area contributed by atoms with Crippen LogP contribution in [0.25, 0.3) is 10.0 Å². The second-order valence-corrected chi connectivity index (χ2v) is 6.76. The zero-order chi connectivity index (χ0) is 14.1. The van der Waals surface area contributed by atoms with Crippen LogP contribution in [0.5, 0.6) is 0 Å². The molecule has 1 unspecified atom stereocenters. The third-order valence-electron chi connectivity index (χ3n) is 3.33. The summed E-state index contributed by atoms with van der Waals surface area (Å²) in [5, 5.41) is 3.91. The molecule has 0 aliphatic heterocycles. The average Bonchev–Trinajstić information content (AvgIpc) is 3.03. The number of esters is 1. The third kappa shape index (κ3) is 2.50. The van der Waals surface area contributed by atoms with Crippen LogP contribution in [0.2, 0.25) is 0 Å². The number of aromatic nitrogens is 2. The highest BCUT2D eigenvalue weighted by Crippen LogP contribution is 2.39. The number of rotatable bonds is 3. The van der Waals surface area contributed by atoms with Crippen molar-refractivity contribution in [3.05, 3.63) is 21.6 Å². The van der Waals surface area contributed by atoms with Gasteiger partial charge in [-0.05, 0) is 33.1 Å². The van der Waals surface area contributed by atoms with E-state index < -0.39 is 0 Å². The smallest absolute Gasteiger partial charge is 0.315 e. The van der Waals surface area contributed by atoms with Crippen LogP contribution in [0.3, 0.4) is 0 Å². The predicted octanol–water partition coefficient (Wildman–Crippen LogP) is 3.56. The maximum Gasteiger partial charge on any atom is 0.315 e. The van der Waals surface area contributed by atoms with Gasteiger partial charge in [0, 0.05) is 16.0 Å². The second kappa shape index (κ2) is 5.61. The molecule has 0 saturated heterocycles. The van der Waals surface area contributed by atoms with Gasteiger partial charge in [0.15, 0.2) is 10.0 Å². The largest absolute Gasteiger partial charge is 0.465 e. The monoisotopic (exact) mass is 308 g/mol. The van der Waals surface area contributed by atoms with Gasteiger partial charge < -0.3 is 4.74 Å². The van der Waals surface area contributed by atoms with Crippen LogP contribution in [0.4, 0.5) is 0 Å². The van der Waals surface area contributed by atoms with Gasteiger partial charge in [-0.1, -0.05) is 0 Å². The summed E-state index contributed by atoms with van der Waals surface area (Å²) in [5.41, 5.74) is 1.93. The summed E-state index contributed by atoms with van der Waals surface area (Å²) < 4.78 is 5.17. The first-order valence-electron chi connectivity index (χ1n) is 6.77. The Balaban J connectivity index is 1.94. The Morgan fingerprint density at radius 3 is 3.00 bits per heavy atom. The van der Waals surface area contributed by atoms with E-state index in [9.17, 15) is 4.79 Å². The van der Waals surface area contributed by atoms with Gasteiger partial charge in [0.1, 0.15) is 5.92 Å². The van der Waals surface area contributed by atoms with Gasteiger partial charge in [0.25, 0.3) is 0 Å². The van der Waals surface area contributed by atoms with Crippen LogP contribution < -0.4 is 0 Å². The van der Waals surface area contributed by atoms with E-state index in [2.05, 4.69) is 9.97 Å². The number of ether oxygens (including phenoxy) is 1. The minimum absolute atomic E-state index is 0.138. The summed E-state index contributed by atoms with van der Waals surface area (Å²) in [6.45, 7) is 4.24. The molecule has 20 heavy (non-hydrogen) atoms. The summed E-state index contributed by atoms with van der Waals surface area (Å²) >= 11 is 3.28. The summed E-state index contributed by atoms with van der Waals surface area (Å²) in [6.07, 6.45) is 2.87. The second-order valence-electron chi connectivity index (χ2n) is 4.82. The lowest BCUT2D eigenvalue weighted by Gasteiger charge is -2.19. The Labute approximate surface area is 125 Å². The van der Waals surface area contributed by atoms with Crippen molar-refractivity contribution in [2.45, 2.75) is 39.0 Å². The Morgan fingerprint density at radius 2 is 2.30 bits per heavy atom. The van der Waals surface area contributed by atoms with Crippen LogP contribution in [-0.4, -0.2) is 22.5 Å². The maximum absolute atomic E-state index is 12.0. The molecule has 0 amide bonds. The van der Waals surface area contributed by atoms with E-state index in [4.69, 9.17) is 4.74 Å². The molecule has 0 radical (unpaired) electrons. The fourth-order valence-electron chi connectivity index (χ4n) is 2.43. The van der Waals surface area contributed by atoms with Gasteiger partial charge >= 0.3 is 5.97 Å². The zero-order valence-electron chi connectivity index (χ0n) is 11.5. The first kappa shape index (κ1) is 13.7. The number of hydrogen-bond donors (Lipinski definition) is 0. The van der Waals surface area contributed by atoms with Crippen LogP contribution >= 0.6 is 22.7 Å². The van der Waals surface area contributed by atoms with Crippen LogP contribution in [0.15, 0.2) is 5.38 Å². The predicted molar refractivity (Wildman–Crippen MR) is 80.3 cm³/mol. The Hall–Kier alpha value is -1.27. The van der Waals surface area contributed by atoms with Crippen LogP contribution in [0.1, 0.15) is 41.9 Å². The van der Waals surface area contributed by atoms with E-state index >= 15 is 0 Å². The number of fused-ring (bicyclic) bond motifs is 1. The quantitative estimate of drug-likeness (QED) is 0.814. The highest BCUT2D eigenvalue weighted by Gasteiger charge is 2.31. The highest BCUT2D eigenvalue weighted by atomic mass is 32.1. The van der Waals surface area contributed by atoms with Crippen molar-refractivity contribution >= 4 is 28.6 Å². The standard InChI is InChI=1S/C14H16N2O2S2/c1-3-18-14(17)9-5-4-6-10-11(9)16-13(20-10)12-15-8(2)7-19-12/h7,9H,3-6H2,1-2H3. The Morgan fingerprint density at radius 1 is 1.45 bits per heavy atom. The lowest BCUT2D eigenvalue weighted by atomic mass is 9.91.